The van der Waals surface area contributed by atoms with Gasteiger partial charge in [-0.1, -0.05) is 12.1 Å². The van der Waals surface area contributed by atoms with Crippen LogP contribution in [0.15, 0.2) is 35.5 Å². The molecule has 142 valence electrons. The molecule has 2 N–H and O–H groups in total. The molecule has 0 saturated carbocycles. The fourth-order valence-electron chi connectivity index (χ4n) is 2.32. The van der Waals surface area contributed by atoms with E-state index in [0.717, 1.165) is 29.5 Å². The number of carbonyl (C=O) groups excluding carboxylic acids is 1. The van der Waals surface area contributed by atoms with Gasteiger partial charge in [0, 0.05) is 44.3 Å². The SMILES string of the molecule is CN=C(NCCc1cccc(C(=O)N(C)C)c1)NCc1cnc(C)s1.I. The third kappa shape index (κ3) is 6.91. The van der Waals surface area contributed by atoms with Crippen molar-refractivity contribution in [2.45, 2.75) is 19.9 Å². The van der Waals surface area contributed by atoms with Crippen LogP contribution in [-0.2, 0) is 13.0 Å². The molecule has 6 nitrogen and oxygen atoms in total. The highest BCUT2D eigenvalue weighted by Crippen LogP contribution is 2.10. The Balaban J connectivity index is 0.00000338. The summed E-state index contributed by atoms with van der Waals surface area (Å²) in [5, 5.41) is 7.63. The molecule has 26 heavy (non-hydrogen) atoms. The number of aromatic nitrogens is 1. The quantitative estimate of drug-likeness (QED) is 0.374. The first-order valence-electron chi connectivity index (χ1n) is 8.16. The summed E-state index contributed by atoms with van der Waals surface area (Å²) < 4.78 is 0. The topological polar surface area (TPSA) is 69.6 Å². The van der Waals surface area contributed by atoms with Crippen LogP contribution in [-0.4, -0.2) is 49.4 Å². The number of aliphatic imine (C=N–C) groups is 1. The molecule has 0 atom stereocenters. The summed E-state index contributed by atoms with van der Waals surface area (Å²) in [6.07, 6.45) is 2.70. The lowest BCUT2D eigenvalue weighted by Gasteiger charge is -2.13. The summed E-state index contributed by atoms with van der Waals surface area (Å²) in [4.78, 5) is 23.3. The minimum Gasteiger partial charge on any atom is -0.356 e. The van der Waals surface area contributed by atoms with Gasteiger partial charge >= 0.3 is 0 Å². The molecule has 2 rings (SSSR count). The number of nitrogens with one attached hydrogen (secondary N) is 2. The Kier molecular flexibility index (Phi) is 9.57. The van der Waals surface area contributed by atoms with E-state index in [1.54, 1.807) is 37.4 Å². The predicted molar refractivity (Wildman–Crippen MR) is 119 cm³/mol. The molecule has 1 aromatic heterocycles. The molecule has 0 aliphatic rings. The van der Waals surface area contributed by atoms with Gasteiger partial charge in [0.05, 0.1) is 11.6 Å². The smallest absolute Gasteiger partial charge is 0.253 e. The molecular formula is C18H26IN5OS. The highest BCUT2D eigenvalue weighted by atomic mass is 127. The number of benzene rings is 1. The molecule has 0 radical (unpaired) electrons. The third-order valence-electron chi connectivity index (χ3n) is 3.61. The van der Waals surface area contributed by atoms with Crippen molar-refractivity contribution in [1.29, 1.82) is 0 Å². The van der Waals surface area contributed by atoms with Crippen molar-refractivity contribution in [3.05, 3.63) is 51.5 Å². The average molecular weight is 487 g/mol. The van der Waals surface area contributed by atoms with E-state index in [2.05, 4.69) is 20.6 Å². The second kappa shape index (κ2) is 11.1. The lowest BCUT2D eigenvalue weighted by molar-refractivity contribution is 0.0827. The molecule has 2 aromatic rings. The average Bonchev–Trinajstić information content (AvgIpc) is 3.02. The minimum absolute atomic E-state index is 0. The molecule has 8 heteroatoms. The molecule has 0 fully saturated rings. The van der Waals surface area contributed by atoms with Gasteiger partial charge in [-0.3, -0.25) is 9.79 Å². The highest BCUT2D eigenvalue weighted by Gasteiger charge is 2.08. The molecule has 0 spiro atoms. The van der Waals surface area contributed by atoms with Gasteiger partial charge in [-0.05, 0) is 31.0 Å². The van der Waals surface area contributed by atoms with Crippen LogP contribution < -0.4 is 10.6 Å². The maximum Gasteiger partial charge on any atom is 0.253 e. The Morgan fingerprint density at radius 1 is 1.31 bits per heavy atom. The number of thiazole rings is 1. The van der Waals surface area contributed by atoms with Crippen molar-refractivity contribution in [1.82, 2.24) is 20.5 Å². The summed E-state index contributed by atoms with van der Waals surface area (Å²) >= 11 is 1.68. The Hall–Kier alpha value is -1.68. The van der Waals surface area contributed by atoms with E-state index < -0.39 is 0 Å². The maximum absolute atomic E-state index is 12.0. The van der Waals surface area contributed by atoms with Crippen molar-refractivity contribution >= 4 is 47.2 Å². The fraction of sp³-hybridized carbons (Fsp3) is 0.389. The Labute approximate surface area is 176 Å². The van der Waals surface area contributed by atoms with E-state index >= 15 is 0 Å². The van der Waals surface area contributed by atoms with Crippen LogP contribution in [0.5, 0.6) is 0 Å². The summed E-state index contributed by atoms with van der Waals surface area (Å²) in [5.74, 6) is 0.777. The highest BCUT2D eigenvalue weighted by molar-refractivity contribution is 14.0. The molecule has 0 aliphatic carbocycles. The summed E-state index contributed by atoms with van der Waals surface area (Å²) in [7, 11) is 5.28. The number of carbonyl (C=O) groups is 1. The van der Waals surface area contributed by atoms with Gasteiger partial charge in [0.15, 0.2) is 5.96 Å². The summed E-state index contributed by atoms with van der Waals surface area (Å²) in [6.45, 7) is 3.44. The second-order valence-electron chi connectivity index (χ2n) is 5.85. The first-order valence-corrected chi connectivity index (χ1v) is 8.97. The van der Waals surface area contributed by atoms with E-state index in [-0.39, 0.29) is 29.9 Å². The van der Waals surface area contributed by atoms with Gasteiger partial charge in [-0.25, -0.2) is 4.98 Å². The number of guanidine groups is 1. The lowest BCUT2D eigenvalue weighted by Crippen LogP contribution is -2.37. The number of aryl methyl sites for hydroxylation is 1. The number of amides is 1. The van der Waals surface area contributed by atoms with Crippen molar-refractivity contribution in [2.24, 2.45) is 4.99 Å². The van der Waals surface area contributed by atoms with Crippen LogP contribution in [0.1, 0.15) is 25.8 Å². The normalized spacial score (nSPS) is 10.8. The second-order valence-corrected chi connectivity index (χ2v) is 7.17. The van der Waals surface area contributed by atoms with E-state index in [9.17, 15) is 4.79 Å². The zero-order chi connectivity index (χ0) is 18.2. The predicted octanol–water partition coefficient (Wildman–Crippen LogP) is 2.68. The fourth-order valence-corrected chi connectivity index (χ4v) is 3.06. The maximum atomic E-state index is 12.0. The molecule has 0 unspecified atom stereocenters. The Morgan fingerprint density at radius 3 is 2.69 bits per heavy atom. The van der Waals surface area contributed by atoms with Gasteiger partial charge in [0.1, 0.15) is 0 Å². The molecule has 1 aromatic carbocycles. The number of nitrogens with zero attached hydrogens (tertiary/aromatic N) is 3. The first kappa shape index (κ1) is 22.4. The first-order chi connectivity index (χ1) is 12.0. The van der Waals surface area contributed by atoms with Gasteiger partial charge in [0.2, 0.25) is 0 Å². The van der Waals surface area contributed by atoms with Crippen LogP contribution in [0, 0.1) is 6.92 Å². The monoisotopic (exact) mass is 487 g/mol. The summed E-state index contributed by atoms with van der Waals surface area (Å²) in [5.41, 5.74) is 1.83. The Morgan fingerprint density at radius 2 is 2.08 bits per heavy atom. The van der Waals surface area contributed by atoms with E-state index in [1.807, 2.05) is 37.4 Å². The van der Waals surface area contributed by atoms with Crippen LogP contribution in [0.3, 0.4) is 0 Å². The van der Waals surface area contributed by atoms with E-state index in [0.29, 0.717) is 12.1 Å². The zero-order valence-corrected chi connectivity index (χ0v) is 18.7. The lowest BCUT2D eigenvalue weighted by atomic mass is 10.1. The van der Waals surface area contributed by atoms with Crippen LogP contribution in [0.25, 0.3) is 0 Å². The van der Waals surface area contributed by atoms with Crippen LogP contribution in [0.4, 0.5) is 0 Å². The van der Waals surface area contributed by atoms with Crippen molar-refractivity contribution < 1.29 is 4.79 Å². The number of halogens is 1. The minimum atomic E-state index is 0. The zero-order valence-electron chi connectivity index (χ0n) is 15.6. The standard InChI is InChI=1S/C18H25N5OS.HI/c1-13-21-11-16(25-13)12-22-18(19-2)20-9-8-14-6-5-7-15(10-14)17(24)23(3)4;/h5-7,10-11H,8-9,12H2,1-4H3,(H2,19,20,22);1H. The Bertz CT molecular complexity index is 745. The van der Waals surface area contributed by atoms with E-state index in [1.165, 1.54) is 4.88 Å². The van der Waals surface area contributed by atoms with Crippen molar-refractivity contribution in [2.75, 3.05) is 27.7 Å². The third-order valence-corrected chi connectivity index (χ3v) is 4.52. The largest absolute Gasteiger partial charge is 0.356 e. The number of hydrogen-bond donors (Lipinski definition) is 2. The molecular weight excluding hydrogens is 461 g/mol. The van der Waals surface area contributed by atoms with Gasteiger partial charge in [-0.2, -0.15) is 0 Å². The molecule has 0 saturated heterocycles. The van der Waals surface area contributed by atoms with Crippen LogP contribution in [0.2, 0.25) is 0 Å². The van der Waals surface area contributed by atoms with E-state index in [4.69, 9.17) is 0 Å². The summed E-state index contributed by atoms with van der Waals surface area (Å²) in [6, 6.07) is 7.74. The molecule has 1 heterocycles. The molecule has 0 bridgehead atoms. The molecule has 0 aliphatic heterocycles. The number of hydrogen-bond acceptors (Lipinski definition) is 4. The molecule has 1 amide bonds. The van der Waals surface area contributed by atoms with Crippen LogP contribution >= 0.6 is 35.3 Å². The van der Waals surface area contributed by atoms with Crippen molar-refractivity contribution in [3.63, 3.8) is 0 Å². The van der Waals surface area contributed by atoms with Gasteiger partial charge < -0.3 is 15.5 Å². The van der Waals surface area contributed by atoms with Gasteiger partial charge in [-0.15, -0.1) is 35.3 Å². The van der Waals surface area contributed by atoms with Crippen molar-refractivity contribution in [3.8, 4) is 0 Å². The van der Waals surface area contributed by atoms with Gasteiger partial charge in [0.25, 0.3) is 5.91 Å². The number of rotatable bonds is 6.